The van der Waals surface area contributed by atoms with Crippen molar-refractivity contribution in [1.29, 1.82) is 0 Å². The molecule has 2 atom stereocenters. The van der Waals surface area contributed by atoms with E-state index in [9.17, 15) is 0 Å². The van der Waals surface area contributed by atoms with Crippen LogP contribution >= 0.6 is 12.2 Å². The number of hydrogen-bond donors (Lipinski definition) is 2. The van der Waals surface area contributed by atoms with E-state index in [1.807, 2.05) is 0 Å². The molecule has 0 aromatic heterocycles. The molecule has 0 aliphatic heterocycles. The van der Waals surface area contributed by atoms with Gasteiger partial charge in [0, 0.05) is 25.3 Å². The van der Waals surface area contributed by atoms with Gasteiger partial charge in [-0.15, -0.1) is 0 Å². The lowest BCUT2D eigenvalue weighted by atomic mass is 9.76. The number of thiocarbonyl (C=S) groups is 1. The smallest absolute Gasteiger partial charge is 0.187 e. The molecule has 1 saturated carbocycles. The van der Waals surface area contributed by atoms with Gasteiger partial charge in [-0.2, -0.15) is 5.10 Å². The summed E-state index contributed by atoms with van der Waals surface area (Å²) in [6.45, 7) is 8.18. The van der Waals surface area contributed by atoms with Gasteiger partial charge < -0.3 is 10.1 Å². The van der Waals surface area contributed by atoms with Gasteiger partial charge >= 0.3 is 0 Å². The maximum atomic E-state index is 5.18. The van der Waals surface area contributed by atoms with Crippen molar-refractivity contribution in [3.05, 3.63) is 0 Å². The largest absolute Gasteiger partial charge is 0.383 e. The van der Waals surface area contributed by atoms with Crippen molar-refractivity contribution in [2.75, 3.05) is 20.3 Å². The van der Waals surface area contributed by atoms with Crippen LogP contribution in [0.4, 0.5) is 0 Å². The highest BCUT2D eigenvalue weighted by molar-refractivity contribution is 7.80. The summed E-state index contributed by atoms with van der Waals surface area (Å²) in [6.07, 6.45) is 3.62. The van der Waals surface area contributed by atoms with Crippen molar-refractivity contribution < 1.29 is 4.74 Å². The van der Waals surface area contributed by atoms with Crippen LogP contribution in [0.2, 0.25) is 0 Å². The van der Waals surface area contributed by atoms with Gasteiger partial charge in [0.1, 0.15) is 0 Å². The minimum Gasteiger partial charge on any atom is -0.383 e. The molecule has 0 saturated heterocycles. The Morgan fingerprint density at radius 1 is 1.47 bits per heavy atom. The Bertz CT molecular complexity index is 318. The highest BCUT2D eigenvalue weighted by atomic mass is 32.1. The first-order chi connectivity index (χ1) is 9.04. The number of nitrogens with one attached hydrogen (secondary N) is 2. The molecule has 1 aliphatic rings. The first-order valence-corrected chi connectivity index (χ1v) is 7.54. The highest BCUT2D eigenvalue weighted by Gasteiger charge is 2.27. The second-order valence-electron chi connectivity index (χ2n) is 5.70. The minimum absolute atomic E-state index is 0.574. The van der Waals surface area contributed by atoms with Gasteiger partial charge in [-0.3, -0.25) is 5.43 Å². The predicted molar refractivity (Wildman–Crippen MR) is 84.4 cm³/mol. The van der Waals surface area contributed by atoms with E-state index >= 15 is 0 Å². The van der Waals surface area contributed by atoms with Crippen molar-refractivity contribution in [3.8, 4) is 0 Å². The van der Waals surface area contributed by atoms with Crippen molar-refractivity contribution in [2.24, 2.45) is 22.9 Å². The molecular formula is C14H27N3OS. The number of ether oxygens (including phenoxy) is 1. The molecule has 0 amide bonds. The fourth-order valence-corrected chi connectivity index (χ4v) is 2.66. The van der Waals surface area contributed by atoms with E-state index in [-0.39, 0.29) is 0 Å². The Morgan fingerprint density at radius 2 is 2.21 bits per heavy atom. The number of hydrazone groups is 1. The van der Waals surface area contributed by atoms with E-state index in [2.05, 4.69) is 36.6 Å². The van der Waals surface area contributed by atoms with Gasteiger partial charge in [0.15, 0.2) is 5.11 Å². The second-order valence-corrected chi connectivity index (χ2v) is 6.11. The lowest BCUT2D eigenvalue weighted by Crippen LogP contribution is -2.36. The number of nitrogens with zero attached hydrogens (tertiary/aromatic N) is 1. The molecule has 1 aliphatic carbocycles. The average molecular weight is 285 g/mol. The molecule has 0 radical (unpaired) electrons. The lowest BCUT2D eigenvalue weighted by Gasteiger charge is -2.30. The van der Waals surface area contributed by atoms with E-state index < -0.39 is 0 Å². The summed E-state index contributed by atoms with van der Waals surface area (Å²) in [4.78, 5) is 0. The van der Waals surface area contributed by atoms with E-state index in [1.54, 1.807) is 7.11 Å². The van der Waals surface area contributed by atoms with Crippen molar-refractivity contribution in [2.45, 2.75) is 40.0 Å². The van der Waals surface area contributed by atoms with Gasteiger partial charge in [-0.05, 0) is 43.3 Å². The topological polar surface area (TPSA) is 45.6 Å². The van der Waals surface area contributed by atoms with Crippen molar-refractivity contribution >= 4 is 23.0 Å². The molecule has 4 nitrogen and oxygen atoms in total. The first-order valence-electron chi connectivity index (χ1n) is 7.13. The Hall–Kier alpha value is -0.680. The van der Waals surface area contributed by atoms with E-state index in [1.165, 1.54) is 18.6 Å². The summed E-state index contributed by atoms with van der Waals surface area (Å²) in [5, 5.41) is 8.18. The maximum absolute atomic E-state index is 5.18. The fourth-order valence-electron chi connectivity index (χ4n) is 2.52. The van der Waals surface area contributed by atoms with Crippen LogP contribution in [0.25, 0.3) is 0 Å². The molecule has 2 N–H and O–H groups in total. The van der Waals surface area contributed by atoms with Gasteiger partial charge in [-0.1, -0.05) is 20.8 Å². The standard InChI is InChI=1S/C14H27N3OS/c1-10(2)12-6-5-11(3)9-13(12)16-17-14(19)15-7-8-18-4/h10-12H,5-9H2,1-4H3,(H2,15,17,19)/b16-13-/t11-,12-/m0/s1. The number of hydrogen-bond acceptors (Lipinski definition) is 3. The Kier molecular flexibility index (Phi) is 7.31. The predicted octanol–water partition coefficient (Wildman–Crippen LogP) is 2.55. The molecule has 1 rings (SSSR count). The molecule has 0 bridgehead atoms. The van der Waals surface area contributed by atoms with Crippen LogP contribution in [0.1, 0.15) is 40.0 Å². The molecule has 0 aromatic rings. The molecule has 0 unspecified atom stereocenters. The maximum Gasteiger partial charge on any atom is 0.187 e. The van der Waals surface area contributed by atoms with Gasteiger partial charge in [0.2, 0.25) is 0 Å². The zero-order valence-electron chi connectivity index (χ0n) is 12.5. The fraction of sp³-hybridized carbons (Fsp3) is 0.857. The molecule has 1 fully saturated rings. The third kappa shape index (κ3) is 5.87. The quantitative estimate of drug-likeness (QED) is 0.463. The van der Waals surface area contributed by atoms with E-state index in [0.29, 0.717) is 30.1 Å². The summed E-state index contributed by atoms with van der Waals surface area (Å²) in [6, 6.07) is 0. The second kappa shape index (κ2) is 8.48. The third-order valence-electron chi connectivity index (χ3n) is 3.65. The summed E-state index contributed by atoms with van der Waals surface area (Å²) < 4.78 is 4.96. The summed E-state index contributed by atoms with van der Waals surface area (Å²) in [7, 11) is 1.68. The summed E-state index contributed by atoms with van der Waals surface area (Å²) >= 11 is 5.18. The SMILES string of the molecule is COCCNC(=S)N/N=C1/C[C@@H](C)CC[C@H]1C(C)C. The minimum atomic E-state index is 0.574. The van der Waals surface area contributed by atoms with Crippen LogP contribution in [-0.4, -0.2) is 31.1 Å². The first kappa shape index (κ1) is 16.4. The molecule has 110 valence electrons. The van der Waals surface area contributed by atoms with Crippen LogP contribution in [-0.2, 0) is 4.74 Å². The van der Waals surface area contributed by atoms with Crippen LogP contribution in [0.15, 0.2) is 5.10 Å². The molecule has 0 heterocycles. The zero-order valence-corrected chi connectivity index (χ0v) is 13.3. The van der Waals surface area contributed by atoms with Crippen LogP contribution in [0, 0.1) is 17.8 Å². The normalized spacial score (nSPS) is 25.6. The Morgan fingerprint density at radius 3 is 2.84 bits per heavy atom. The van der Waals surface area contributed by atoms with Crippen LogP contribution in [0.5, 0.6) is 0 Å². The summed E-state index contributed by atoms with van der Waals surface area (Å²) in [5.74, 6) is 1.96. The molecular weight excluding hydrogens is 258 g/mol. The number of methoxy groups -OCH3 is 1. The molecule has 5 heteroatoms. The van der Waals surface area contributed by atoms with Gasteiger partial charge in [-0.25, -0.2) is 0 Å². The summed E-state index contributed by atoms with van der Waals surface area (Å²) in [5.41, 5.74) is 4.24. The zero-order chi connectivity index (χ0) is 14.3. The molecule has 0 aromatic carbocycles. The van der Waals surface area contributed by atoms with Gasteiger partial charge in [0.05, 0.1) is 6.61 Å². The molecule has 19 heavy (non-hydrogen) atoms. The van der Waals surface area contributed by atoms with Crippen LogP contribution < -0.4 is 10.7 Å². The Balaban J connectivity index is 2.49. The third-order valence-corrected chi connectivity index (χ3v) is 3.89. The lowest BCUT2D eigenvalue weighted by molar-refractivity contribution is 0.204. The van der Waals surface area contributed by atoms with Gasteiger partial charge in [0.25, 0.3) is 0 Å². The average Bonchev–Trinajstić information content (AvgIpc) is 2.36. The highest BCUT2D eigenvalue weighted by Crippen LogP contribution is 2.31. The van der Waals surface area contributed by atoms with Crippen LogP contribution in [0.3, 0.4) is 0 Å². The van der Waals surface area contributed by atoms with Crippen molar-refractivity contribution in [3.63, 3.8) is 0 Å². The number of rotatable bonds is 5. The van der Waals surface area contributed by atoms with E-state index in [0.717, 1.165) is 12.3 Å². The van der Waals surface area contributed by atoms with Crippen molar-refractivity contribution in [1.82, 2.24) is 10.7 Å². The van der Waals surface area contributed by atoms with E-state index in [4.69, 9.17) is 17.0 Å². The monoisotopic (exact) mass is 285 g/mol. The Labute approximate surface area is 122 Å². The molecule has 0 spiro atoms.